The highest BCUT2D eigenvalue weighted by Gasteiger charge is 2.23. The number of thiophene rings is 1. The smallest absolute Gasteiger partial charge is 0.343 e. The first-order valence-corrected chi connectivity index (χ1v) is 13.4. The number of nitrogens with zero attached hydrogens (tertiary/aromatic N) is 2. The highest BCUT2D eigenvalue weighted by molar-refractivity contribution is 9.10. The number of hydrogen-bond donors (Lipinski definition) is 2. The molecule has 0 radical (unpaired) electrons. The zero-order valence-corrected chi connectivity index (χ0v) is 23.4. The summed E-state index contributed by atoms with van der Waals surface area (Å²) in [5.74, 6) is -1.61. The molecular weight excluding hydrogens is 588 g/mol. The molecule has 1 aliphatic rings. The number of rotatable bonds is 7. The first kappa shape index (κ1) is 27.8. The maximum absolute atomic E-state index is 12.8. The number of nitrogens with one attached hydrogen (secondary N) is 2. The van der Waals surface area contributed by atoms with Crippen molar-refractivity contribution in [2.75, 3.05) is 19.5 Å². The number of aryl methyl sites for hydroxylation is 1. The van der Waals surface area contributed by atoms with E-state index in [0.717, 1.165) is 36.1 Å². The number of hydrazone groups is 1. The number of methoxy groups -OCH3 is 2. The Labute approximate surface area is 236 Å². The van der Waals surface area contributed by atoms with Gasteiger partial charge < -0.3 is 19.5 Å². The third-order valence-electron chi connectivity index (χ3n) is 5.88. The largest absolute Gasteiger partial charge is 0.493 e. The minimum Gasteiger partial charge on any atom is -0.493 e. The molecule has 2 amide bonds. The van der Waals surface area contributed by atoms with Crippen molar-refractivity contribution in [2.24, 2.45) is 5.10 Å². The second-order valence-electron chi connectivity index (χ2n) is 8.32. The monoisotopic (exact) mass is 610 g/mol. The molecule has 39 heavy (non-hydrogen) atoms. The van der Waals surface area contributed by atoms with E-state index in [1.807, 2.05) is 0 Å². The van der Waals surface area contributed by atoms with Gasteiger partial charge in [0, 0.05) is 14.9 Å². The lowest BCUT2D eigenvalue weighted by Crippen LogP contribution is -2.32. The number of halogens is 1. The second-order valence-corrected chi connectivity index (χ2v) is 10.3. The number of benzene rings is 2. The molecule has 1 aromatic heterocycles. The predicted octanol–water partition coefficient (Wildman–Crippen LogP) is 4.59. The third kappa shape index (κ3) is 6.45. The van der Waals surface area contributed by atoms with Crippen molar-refractivity contribution in [1.29, 1.82) is 5.26 Å². The maximum Gasteiger partial charge on any atom is 0.343 e. The quantitative estimate of drug-likeness (QED) is 0.131. The molecule has 0 saturated carbocycles. The summed E-state index contributed by atoms with van der Waals surface area (Å²) in [5, 5.41) is 16.3. The van der Waals surface area contributed by atoms with Crippen molar-refractivity contribution < 1.29 is 28.6 Å². The molecule has 12 heteroatoms. The molecule has 0 unspecified atom stereocenters. The Hall–Kier alpha value is -4.21. The van der Waals surface area contributed by atoms with Crippen LogP contribution in [0.15, 0.2) is 46.0 Å². The van der Waals surface area contributed by atoms with Crippen LogP contribution in [0.3, 0.4) is 0 Å². The minimum absolute atomic E-state index is 0.170. The normalized spacial score (nSPS) is 12.3. The average Bonchev–Trinajstić information content (AvgIpc) is 3.30. The van der Waals surface area contributed by atoms with Crippen molar-refractivity contribution >= 4 is 56.3 Å². The molecule has 0 saturated heterocycles. The van der Waals surface area contributed by atoms with Gasteiger partial charge in [0.2, 0.25) is 0 Å². The van der Waals surface area contributed by atoms with Gasteiger partial charge in [0.05, 0.1) is 31.6 Å². The minimum atomic E-state index is -1.01. The van der Waals surface area contributed by atoms with E-state index in [9.17, 15) is 19.6 Å². The summed E-state index contributed by atoms with van der Waals surface area (Å²) in [6.07, 6.45) is 4.90. The number of carbonyl (C=O) groups is 3. The van der Waals surface area contributed by atoms with Crippen molar-refractivity contribution in [2.45, 2.75) is 25.7 Å². The van der Waals surface area contributed by atoms with E-state index in [1.165, 1.54) is 43.9 Å². The van der Waals surface area contributed by atoms with E-state index in [4.69, 9.17) is 14.2 Å². The summed E-state index contributed by atoms with van der Waals surface area (Å²) in [6, 6.07) is 11.6. The first-order chi connectivity index (χ1) is 18.8. The van der Waals surface area contributed by atoms with E-state index < -0.39 is 17.8 Å². The van der Waals surface area contributed by atoms with E-state index in [0.29, 0.717) is 32.1 Å². The van der Waals surface area contributed by atoms with Crippen LogP contribution in [-0.4, -0.2) is 38.2 Å². The Morgan fingerprint density at radius 3 is 2.51 bits per heavy atom. The summed E-state index contributed by atoms with van der Waals surface area (Å²) in [6.45, 7) is 0. The van der Waals surface area contributed by atoms with Crippen LogP contribution < -0.4 is 25.0 Å². The van der Waals surface area contributed by atoms with E-state index in [-0.39, 0.29) is 11.3 Å². The van der Waals surface area contributed by atoms with Gasteiger partial charge in [-0.25, -0.2) is 10.2 Å². The SMILES string of the molecule is COc1ccc(C(=O)Oc2ccc(Br)cc2/C=N\NC(=O)C(=O)Nc2sc3c(c2C#N)CCCC3)cc1OC. The molecule has 10 nitrogen and oxygen atoms in total. The van der Waals surface area contributed by atoms with Crippen LogP contribution in [0.1, 0.15) is 44.8 Å². The highest BCUT2D eigenvalue weighted by atomic mass is 79.9. The molecule has 0 atom stereocenters. The Bertz CT molecular complexity index is 1510. The van der Waals surface area contributed by atoms with Gasteiger partial charge in [0.1, 0.15) is 16.8 Å². The molecule has 0 aliphatic heterocycles. The number of hydrogen-bond acceptors (Lipinski definition) is 9. The lowest BCUT2D eigenvalue weighted by atomic mass is 9.96. The molecule has 1 aliphatic carbocycles. The Morgan fingerprint density at radius 2 is 1.77 bits per heavy atom. The molecule has 0 fully saturated rings. The van der Waals surface area contributed by atoms with E-state index >= 15 is 0 Å². The van der Waals surface area contributed by atoms with Gasteiger partial charge in [-0.3, -0.25) is 9.59 Å². The standard InChI is InChI=1S/C27H23BrN4O6S/c1-36-21-9-7-15(12-22(21)37-2)27(35)38-20-10-8-17(28)11-16(20)14-30-32-25(34)24(33)31-26-19(13-29)18-5-3-4-6-23(18)39-26/h7-12,14H,3-6H2,1-2H3,(H,31,33)(H,32,34)/b30-14-. The van der Waals surface area contributed by atoms with E-state index in [2.05, 4.69) is 37.8 Å². The number of esters is 1. The summed E-state index contributed by atoms with van der Waals surface area (Å²) in [4.78, 5) is 38.7. The van der Waals surface area contributed by atoms with Gasteiger partial charge in [-0.1, -0.05) is 15.9 Å². The van der Waals surface area contributed by atoms with Crippen LogP contribution in [0.5, 0.6) is 17.2 Å². The van der Waals surface area contributed by atoms with Gasteiger partial charge in [-0.15, -0.1) is 11.3 Å². The van der Waals surface area contributed by atoms with Crippen LogP contribution in [0.25, 0.3) is 0 Å². The Morgan fingerprint density at radius 1 is 1.03 bits per heavy atom. The summed E-state index contributed by atoms with van der Waals surface area (Å²) in [7, 11) is 2.95. The van der Waals surface area contributed by atoms with Crippen LogP contribution >= 0.6 is 27.3 Å². The zero-order valence-electron chi connectivity index (χ0n) is 21.0. The molecule has 0 bridgehead atoms. The maximum atomic E-state index is 12.8. The lowest BCUT2D eigenvalue weighted by molar-refractivity contribution is -0.136. The van der Waals surface area contributed by atoms with Gasteiger partial charge in [-0.05, 0) is 67.6 Å². The van der Waals surface area contributed by atoms with Gasteiger partial charge >= 0.3 is 17.8 Å². The summed E-state index contributed by atoms with van der Waals surface area (Å²) < 4.78 is 16.6. The zero-order chi connectivity index (χ0) is 27.9. The molecule has 4 rings (SSSR count). The molecule has 2 N–H and O–H groups in total. The third-order valence-corrected chi connectivity index (χ3v) is 7.58. The fourth-order valence-corrected chi connectivity index (χ4v) is 5.59. The second kappa shape index (κ2) is 12.6. The number of nitriles is 1. The molecule has 2 aromatic carbocycles. The molecule has 200 valence electrons. The van der Waals surface area contributed by atoms with Gasteiger partial charge in [0.15, 0.2) is 11.5 Å². The summed E-state index contributed by atoms with van der Waals surface area (Å²) >= 11 is 4.67. The molecule has 1 heterocycles. The van der Waals surface area contributed by atoms with Gasteiger partial charge in [-0.2, -0.15) is 10.4 Å². The van der Waals surface area contributed by atoms with E-state index in [1.54, 1.807) is 24.3 Å². The van der Waals surface area contributed by atoms with Gasteiger partial charge in [0.25, 0.3) is 0 Å². The number of ether oxygens (including phenoxy) is 3. The average molecular weight is 611 g/mol. The van der Waals surface area contributed by atoms with Crippen LogP contribution in [0.2, 0.25) is 0 Å². The van der Waals surface area contributed by atoms with Crippen molar-refractivity contribution in [1.82, 2.24) is 5.43 Å². The number of carbonyl (C=O) groups excluding carboxylic acids is 3. The van der Waals surface area contributed by atoms with Crippen LogP contribution in [-0.2, 0) is 22.4 Å². The molecular formula is C27H23BrN4O6S. The highest BCUT2D eigenvalue weighted by Crippen LogP contribution is 2.37. The fraction of sp³-hybridized carbons (Fsp3) is 0.222. The topological polar surface area (TPSA) is 139 Å². The van der Waals surface area contributed by atoms with Crippen LogP contribution in [0, 0.1) is 11.3 Å². The number of amides is 2. The Kier molecular flexibility index (Phi) is 8.96. The van der Waals surface area contributed by atoms with Crippen molar-refractivity contribution in [3.63, 3.8) is 0 Å². The van der Waals surface area contributed by atoms with Crippen molar-refractivity contribution in [3.8, 4) is 23.3 Å². The predicted molar refractivity (Wildman–Crippen MR) is 149 cm³/mol. The fourth-order valence-electron chi connectivity index (χ4n) is 3.98. The molecule has 0 spiro atoms. The van der Waals surface area contributed by atoms with Crippen LogP contribution in [0.4, 0.5) is 5.00 Å². The van der Waals surface area contributed by atoms with Crippen molar-refractivity contribution in [3.05, 3.63) is 68.0 Å². The lowest BCUT2D eigenvalue weighted by Gasteiger charge is -2.11. The number of anilines is 1. The number of fused-ring (bicyclic) bond motifs is 1. The summed E-state index contributed by atoms with van der Waals surface area (Å²) in [5.41, 5.74) is 4.12. The first-order valence-electron chi connectivity index (χ1n) is 11.8. The Balaban J connectivity index is 1.43. The molecule has 3 aromatic rings.